The van der Waals surface area contributed by atoms with E-state index in [2.05, 4.69) is 5.32 Å². The number of hydrogen-bond donors (Lipinski definition) is 1. The summed E-state index contributed by atoms with van der Waals surface area (Å²) in [6, 6.07) is 16.8. The second-order valence-electron chi connectivity index (χ2n) is 6.93. The van der Waals surface area contributed by atoms with Gasteiger partial charge in [0.25, 0.3) is 11.1 Å². The maximum Gasteiger partial charge on any atom is 0.293 e. The fraction of sp³-hybridized carbons (Fsp3) is 0.292. The van der Waals surface area contributed by atoms with Crippen LogP contribution in [0.4, 0.5) is 4.79 Å². The molecule has 0 atom stereocenters. The molecule has 168 valence electrons. The Morgan fingerprint density at radius 3 is 2.44 bits per heavy atom. The number of nitrogens with one attached hydrogen (secondary N) is 1. The first-order chi connectivity index (χ1) is 15.6. The van der Waals surface area contributed by atoms with Crippen molar-refractivity contribution < 1.29 is 23.9 Å². The van der Waals surface area contributed by atoms with Gasteiger partial charge in [-0.25, -0.2) is 0 Å². The minimum absolute atomic E-state index is 0.140. The van der Waals surface area contributed by atoms with Crippen LogP contribution in [0.15, 0.2) is 59.5 Å². The fourth-order valence-corrected chi connectivity index (χ4v) is 3.91. The van der Waals surface area contributed by atoms with Crippen molar-refractivity contribution in [3.05, 3.63) is 65.1 Å². The number of rotatable bonds is 11. The van der Waals surface area contributed by atoms with Gasteiger partial charge in [-0.15, -0.1) is 0 Å². The Labute approximate surface area is 191 Å². The molecule has 0 aromatic heterocycles. The van der Waals surface area contributed by atoms with Crippen LogP contribution in [0.5, 0.6) is 11.5 Å². The molecule has 0 radical (unpaired) electrons. The molecule has 0 aliphatic carbocycles. The van der Waals surface area contributed by atoms with Gasteiger partial charge in [0.1, 0.15) is 0 Å². The Kier molecular flexibility index (Phi) is 8.74. The molecule has 2 aromatic rings. The largest absolute Gasteiger partial charge is 0.490 e. The van der Waals surface area contributed by atoms with Crippen LogP contribution in [0.2, 0.25) is 0 Å². The van der Waals surface area contributed by atoms with Crippen molar-refractivity contribution in [2.45, 2.75) is 19.8 Å². The van der Waals surface area contributed by atoms with E-state index < -0.39 is 0 Å². The second-order valence-corrected chi connectivity index (χ2v) is 7.92. The number of nitrogens with zero attached hydrogens (tertiary/aromatic N) is 1. The van der Waals surface area contributed by atoms with Crippen molar-refractivity contribution >= 4 is 34.9 Å². The lowest BCUT2D eigenvalue weighted by Gasteiger charge is -2.13. The van der Waals surface area contributed by atoms with Gasteiger partial charge in [0.05, 0.1) is 18.1 Å². The first-order valence-corrected chi connectivity index (χ1v) is 11.3. The van der Waals surface area contributed by atoms with E-state index in [0.29, 0.717) is 36.0 Å². The predicted octanol–water partition coefficient (Wildman–Crippen LogP) is 4.10. The maximum absolute atomic E-state index is 12.5. The first kappa shape index (κ1) is 23.4. The Balaban J connectivity index is 1.37. The van der Waals surface area contributed by atoms with Gasteiger partial charge >= 0.3 is 0 Å². The summed E-state index contributed by atoms with van der Waals surface area (Å²) in [5, 5.41) is 2.43. The van der Waals surface area contributed by atoms with E-state index in [0.717, 1.165) is 22.2 Å². The topological polar surface area (TPSA) is 84.9 Å². The van der Waals surface area contributed by atoms with Gasteiger partial charge in [0.2, 0.25) is 5.91 Å². The Morgan fingerprint density at radius 1 is 1.03 bits per heavy atom. The third-order valence-electron chi connectivity index (χ3n) is 4.58. The van der Waals surface area contributed by atoms with Crippen LogP contribution < -0.4 is 14.8 Å². The molecule has 1 heterocycles. The molecule has 8 heteroatoms. The molecule has 7 nitrogen and oxygen atoms in total. The monoisotopic (exact) mass is 454 g/mol. The minimum Gasteiger partial charge on any atom is -0.490 e. The number of para-hydroxylation sites is 2. The van der Waals surface area contributed by atoms with Gasteiger partial charge in [0, 0.05) is 19.5 Å². The van der Waals surface area contributed by atoms with Gasteiger partial charge in [-0.05, 0) is 48.9 Å². The molecule has 2 aromatic carbocycles. The predicted molar refractivity (Wildman–Crippen MR) is 124 cm³/mol. The van der Waals surface area contributed by atoms with Crippen LogP contribution in [0.1, 0.15) is 25.3 Å². The summed E-state index contributed by atoms with van der Waals surface area (Å²) in [6.45, 7) is 3.19. The average molecular weight is 455 g/mol. The molecule has 1 aliphatic rings. The highest BCUT2D eigenvalue weighted by Crippen LogP contribution is 2.31. The van der Waals surface area contributed by atoms with Crippen molar-refractivity contribution in [1.82, 2.24) is 10.2 Å². The molecule has 1 saturated heterocycles. The third-order valence-corrected chi connectivity index (χ3v) is 5.49. The Bertz CT molecular complexity index is 977. The van der Waals surface area contributed by atoms with Crippen LogP contribution in [0, 0.1) is 0 Å². The molecule has 32 heavy (non-hydrogen) atoms. The average Bonchev–Trinajstić information content (AvgIpc) is 3.06. The molecule has 0 unspecified atom stereocenters. The van der Waals surface area contributed by atoms with Crippen molar-refractivity contribution in [3.8, 4) is 11.5 Å². The minimum atomic E-state index is -0.334. The summed E-state index contributed by atoms with van der Waals surface area (Å²) < 4.78 is 11.2. The van der Waals surface area contributed by atoms with Crippen molar-refractivity contribution in [2.24, 2.45) is 0 Å². The molecular formula is C24H26N2O5S. The number of ether oxygens (including phenoxy) is 2. The number of carbonyl (C=O) groups excluding carboxylic acids is 3. The molecule has 3 rings (SSSR count). The van der Waals surface area contributed by atoms with E-state index in [9.17, 15) is 14.4 Å². The van der Waals surface area contributed by atoms with E-state index in [1.807, 2.05) is 61.5 Å². The molecule has 1 aliphatic heterocycles. The summed E-state index contributed by atoms with van der Waals surface area (Å²) in [4.78, 5) is 38.3. The summed E-state index contributed by atoms with van der Waals surface area (Å²) in [5.41, 5.74) is 0.859. The van der Waals surface area contributed by atoms with Crippen LogP contribution in [-0.2, 0) is 9.59 Å². The number of amides is 3. The van der Waals surface area contributed by atoms with E-state index in [4.69, 9.17) is 9.47 Å². The number of hydrogen-bond acceptors (Lipinski definition) is 6. The van der Waals surface area contributed by atoms with Crippen molar-refractivity contribution in [3.63, 3.8) is 0 Å². The zero-order valence-electron chi connectivity index (χ0n) is 17.9. The summed E-state index contributed by atoms with van der Waals surface area (Å²) >= 11 is 0.914. The van der Waals surface area contributed by atoms with E-state index in [-0.39, 0.29) is 36.6 Å². The quantitative estimate of drug-likeness (QED) is 0.407. The van der Waals surface area contributed by atoms with Gasteiger partial charge < -0.3 is 14.8 Å². The first-order valence-electron chi connectivity index (χ1n) is 10.5. The molecule has 0 bridgehead atoms. The zero-order valence-corrected chi connectivity index (χ0v) is 18.7. The van der Waals surface area contributed by atoms with Gasteiger partial charge in [0.15, 0.2) is 11.5 Å². The highest BCUT2D eigenvalue weighted by atomic mass is 32.2. The number of benzene rings is 2. The van der Waals surface area contributed by atoms with E-state index in [1.54, 1.807) is 6.08 Å². The molecule has 0 saturated carbocycles. The molecule has 1 fully saturated rings. The lowest BCUT2D eigenvalue weighted by Crippen LogP contribution is -2.37. The van der Waals surface area contributed by atoms with Crippen LogP contribution in [0.25, 0.3) is 6.08 Å². The lowest BCUT2D eigenvalue weighted by atomic mass is 10.2. The van der Waals surface area contributed by atoms with E-state index in [1.165, 1.54) is 0 Å². The number of carbonyl (C=O) groups is 3. The van der Waals surface area contributed by atoms with Crippen molar-refractivity contribution in [1.29, 1.82) is 0 Å². The summed E-state index contributed by atoms with van der Waals surface area (Å²) in [6.07, 6.45) is 2.52. The highest BCUT2D eigenvalue weighted by molar-refractivity contribution is 8.18. The highest BCUT2D eigenvalue weighted by Gasteiger charge is 2.34. The smallest absolute Gasteiger partial charge is 0.293 e. The molecule has 0 spiro atoms. The Morgan fingerprint density at radius 2 is 1.72 bits per heavy atom. The normalized spacial score (nSPS) is 14.7. The molecule has 3 amide bonds. The molecular weight excluding hydrogens is 428 g/mol. The van der Waals surface area contributed by atoms with E-state index >= 15 is 0 Å². The van der Waals surface area contributed by atoms with Gasteiger partial charge in [-0.3, -0.25) is 19.3 Å². The SMILES string of the molecule is CCOc1ccccc1OCCCC(=O)NCCN1C(=O)SC(=Cc2ccccc2)C1=O. The van der Waals surface area contributed by atoms with Crippen LogP contribution in [-0.4, -0.2) is 48.3 Å². The van der Waals surface area contributed by atoms with Crippen LogP contribution in [0.3, 0.4) is 0 Å². The van der Waals surface area contributed by atoms with Crippen molar-refractivity contribution in [2.75, 3.05) is 26.3 Å². The number of imide groups is 1. The second kappa shape index (κ2) is 12.0. The Hall–Kier alpha value is -3.26. The lowest BCUT2D eigenvalue weighted by molar-refractivity contribution is -0.124. The van der Waals surface area contributed by atoms with Gasteiger partial charge in [-0.2, -0.15) is 0 Å². The number of thioether (sulfide) groups is 1. The zero-order chi connectivity index (χ0) is 22.8. The fourth-order valence-electron chi connectivity index (χ4n) is 3.05. The third kappa shape index (κ3) is 6.62. The van der Waals surface area contributed by atoms with Crippen LogP contribution >= 0.6 is 11.8 Å². The summed E-state index contributed by atoms with van der Waals surface area (Å²) in [5.74, 6) is 0.841. The summed E-state index contributed by atoms with van der Waals surface area (Å²) in [7, 11) is 0. The molecule has 1 N–H and O–H groups in total. The maximum atomic E-state index is 12.5. The van der Waals surface area contributed by atoms with Gasteiger partial charge in [-0.1, -0.05) is 42.5 Å². The standard InChI is InChI=1S/C24H26N2O5S/c1-2-30-19-11-6-7-12-20(19)31-16-8-13-22(27)25-14-15-26-23(28)21(32-24(26)29)17-18-9-4-3-5-10-18/h3-7,9-12,17H,2,8,13-16H2,1H3,(H,25,27).